The van der Waals surface area contributed by atoms with Gasteiger partial charge in [-0.3, -0.25) is 9.80 Å². The summed E-state index contributed by atoms with van der Waals surface area (Å²) in [5.74, 6) is 0.654. The number of halogens is 4. The molecule has 1 amide bonds. The van der Waals surface area contributed by atoms with Gasteiger partial charge in [0.1, 0.15) is 18.0 Å². The monoisotopic (exact) mass is 495 g/mol. The van der Waals surface area contributed by atoms with Crippen LogP contribution < -0.4 is 10.1 Å². The van der Waals surface area contributed by atoms with E-state index in [0.29, 0.717) is 45.0 Å². The predicted molar refractivity (Wildman–Crippen MR) is 112 cm³/mol. The Balaban J connectivity index is 1.78. The number of carbonyl (C=O) groups excluding carboxylic acids is 1. The number of nitrogens with one attached hydrogen (secondary N) is 1. The number of amides is 1. The van der Waals surface area contributed by atoms with Gasteiger partial charge in [0, 0.05) is 37.2 Å². The van der Waals surface area contributed by atoms with E-state index in [4.69, 9.17) is 9.47 Å². The van der Waals surface area contributed by atoms with Gasteiger partial charge in [-0.25, -0.2) is 4.79 Å². The van der Waals surface area contributed by atoms with Gasteiger partial charge in [-0.1, -0.05) is 15.9 Å². The second kappa shape index (κ2) is 10.7. The van der Waals surface area contributed by atoms with Crippen molar-refractivity contribution in [3.63, 3.8) is 0 Å². The molecule has 0 bridgehead atoms. The molecule has 1 aromatic rings. The van der Waals surface area contributed by atoms with Gasteiger partial charge >= 0.3 is 12.3 Å². The van der Waals surface area contributed by atoms with Crippen LogP contribution in [0.1, 0.15) is 26.3 Å². The molecule has 1 aliphatic rings. The minimum atomic E-state index is -4.16. The van der Waals surface area contributed by atoms with Crippen molar-refractivity contribution >= 4 is 22.0 Å². The quantitative estimate of drug-likeness (QED) is 0.578. The first-order valence-electron chi connectivity index (χ1n) is 9.80. The number of rotatable bonds is 7. The first kappa shape index (κ1) is 24.7. The number of alkyl halides is 3. The summed E-state index contributed by atoms with van der Waals surface area (Å²) in [4.78, 5) is 15.2. The van der Waals surface area contributed by atoms with Crippen LogP contribution in [0.5, 0.6) is 5.75 Å². The largest absolute Gasteiger partial charge is 0.492 e. The fraction of sp³-hybridized carbons (Fsp3) is 0.650. The number of benzene rings is 1. The summed E-state index contributed by atoms with van der Waals surface area (Å²) in [6, 6.07) is 5.70. The zero-order valence-corrected chi connectivity index (χ0v) is 19.1. The molecule has 1 fully saturated rings. The lowest BCUT2D eigenvalue weighted by Gasteiger charge is -2.35. The van der Waals surface area contributed by atoms with Gasteiger partial charge in [-0.2, -0.15) is 13.2 Å². The molecule has 0 aromatic heterocycles. The molecule has 0 radical (unpaired) electrons. The molecular formula is C20H29BrF3N3O3. The normalized spacial score (nSPS) is 16.4. The Labute approximate surface area is 183 Å². The molecule has 0 unspecified atom stereocenters. The highest BCUT2D eigenvalue weighted by Crippen LogP contribution is 2.23. The van der Waals surface area contributed by atoms with Crippen molar-refractivity contribution in [3.8, 4) is 5.75 Å². The van der Waals surface area contributed by atoms with E-state index in [1.54, 1.807) is 20.8 Å². The average molecular weight is 496 g/mol. The molecule has 6 nitrogen and oxygen atoms in total. The molecule has 10 heteroatoms. The number of nitrogens with zero attached hydrogens (tertiary/aromatic N) is 2. The van der Waals surface area contributed by atoms with Crippen LogP contribution in [0.2, 0.25) is 0 Å². The van der Waals surface area contributed by atoms with E-state index in [1.165, 1.54) is 4.90 Å². The molecule has 30 heavy (non-hydrogen) atoms. The molecule has 2 rings (SSSR count). The first-order valence-corrected chi connectivity index (χ1v) is 10.6. The standard InChI is InChI=1S/C20H29BrF3N3O3/c1-19(2,3)30-18(28)25-4-9-29-17-11-15(10-16(21)12-17)13-26-5-7-27(8-6-26)14-20(22,23)24/h10-12H,4-9,13-14H2,1-3H3,(H,25,28). The maximum atomic E-state index is 12.5. The third kappa shape index (κ3) is 9.99. The van der Waals surface area contributed by atoms with Gasteiger partial charge < -0.3 is 14.8 Å². The van der Waals surface area contributed by atoms with Gasteiger partial charge in [0.15, 0.2) is 0 Å². The van der Waals surface area contributed by atoms with Crippen LogP contribution in [0.25, 0.3) is 0 Å². The molecule has 0 atom stereocenters. The summed E-state index contributed by atoms with van der Waals surface area (Å²) in [6.07, 6.45) is -4.65. The Morgan fingerprint density at radius 2 is 1.73 bits per heavy atom. The Kier molecular flexibility index (Phi) is 8.81. The lowest BCUT2D eigenvalue weighted by atomic mass is 10.2. The van der Waals surface area contributed by atoms with Crippen molar-refractivity contribution in [2.24, 2.45) is 0 Å². The second-order valence-corrected chi connectivity index (χ2v) is 9.16. The number of hydrogen-bond acceptors (Lipinski definition) is 5. The van der Waals surface area contributed by atoms with Gasteiger partial charge in [0.05, 0.1) is 13.1 Å². The lowest BCUT2D eigenvalue weighted by molar-refractivity contribution is -0.149. The van der Waals surface area contributed by atoms with Crippen molar-refractivity contribution in [3.05, 3.63) is 28.2 Å². The van der Waals surface area contributed by atoms with E-state index in [0.717, 1.165) is 10.0 Å². The van der Waals surface area contributed by atoms with E-state index < -0.39 is 24.4 Å². The predicted octanol–water partition coefficient (Wildman–Crippen LogP) is 4.03. The third-order valence-electron chi connectivity index (χ3n) is 4.24. The minimum absolute atomic E-state index is 0.283. The maximum absolute atomic E-state index is 12.5. The molecule has 1 saturated heterocycles. The van der Waals surface area contributed by atoms with Gasteiger partial charge in [0.25, 0.3) is 0 Å². The van der Waals surface area contributed by atoms with Crippen molar-refractivity contribution in [1.82, 2.24) is 15.1 Å². The van der Waals surface area contributed by atoms with Crippen molar-refractivity contribution < 1.29 is 27.4 Å². The molecule has 0 spiro atoms. The van der Waals surface area contributed by atoms with Gasteiger partial charge in [-0.15, -0.1) is 0 Å². The van der Waals surface area contributed by atoms with Crippen LogP contribution in [0, 0.1) is 0 Å². The summed E-state index contributed by atoms with van der Waals surface area (Å²) in [5.41, 5.74) is 0.450. The third-order valence-corrected chi connectivity index (χ3v) is 4.70. The summed E-state index contributed by atoms with van der Waals surface area (Å²) in [5, 5.41) is 2.63. The fourth-order valence-electron chi connectivity index (χ4n) is 3.05. The van der Waals surface area contributed by atoms with Crippen LogP contribution in [0.4, 0.5) is 18.0 Å². The van der Waals surface area contributed by atoms with Crippen molar-refractivity contribution in [2.75, 3.05) is 45.9 Å². The highest BCUT2D eigenvalue weighted by Gasteiger charge is 2.32. The van der Waals surface area contributed by atoms with Gasteiger partial charge in [-0.05, 0) is 44.5 Å². The highest BCUT2D eigenvalue weighted by atomic mass is 79.9. The van der Waals surface area contributed by atoms with E-state index >= 15 is 0 Å². The van der Waals surface area contributed by atoms with Crippen LogP contribution in [0.15, 0.2) is 22.7 Å². The lowest BCUT2D eigenvalue weighted by Crippen LogP contribution is -2.48. The molecule has 1 heterocycles. The maximum Gasteiger partial charge on any atom is 0.407 e. The molecule has 1 aliphatic heterocycles. The summed E-state index contributed by atoms with van der Waals surface area (Å²) in [7, 11) is 0. The zero-order chi connectivity index (χ0) is 22.4. The van der Waals surface area contributed by atoms with E-state index in [-0.39, 0.29) is 6.61 Å². The number of hydrogen-bond donors (Lipinski definition) is 1. The SMILES string of the molecule is CC(C)(C)OC(=O)NCCOc1cc(Br)cc(CN2CCN(CC(F)(F)F)CC2)c1. The topological polar surface area (TPSA) is 54.0 Å². The summed E-state index contributed by atoms with van der Waals surface area (Å²) in [6.45, 7) is 7.70. The molecule has 1 aromatic carbocycles. The van der Waals surface area contributed by atoms with E-state index in [2.05, 4.69) is 26.1 Å². The van der Waals surface area contributed by atoms with Gasteiger partial charge in [0.2, 0.25) is 0 Å². The zero-order valence-electron chi connectivity index (χ0n) is 17.5. The Hall–Kier alpha value is -1.52. The summed E-state index contributed by atoms with van der Waals surface area (Å²) < 4.78 is 49.3. The Morgan fingerprint density at radius 1 is 1.10 bits per heavy atom. The van der Waals surface area contributed by atoms with Crippen molar-refractivity contribution in [1.29, 1.82) is 0 Å². The Morgan fingerprint density at radius 3 is 2.33 bits per heavy atom. The molecule has 1 N–H and O–H groups in total. The van der Waals surface area contributed by atoms with E-state index in [9.17, 15) is 18.0 Å². The van der Waals surface area contributed by atoms with Crippen LogP contribution >= 0.6 is 15.9 Å². The second-order valence-electron chi connectivity index (χ2n) is 8.24. The van der Waals surface area contributed by atoms with Crippen LogP contribution in [0.3, 0.4) is 0 Å². The van der Waals surface area contributed by atoms with Crippen LogP contribution in [-0.4, -0.2) is 73.5 Å². The molecule has 170 valence electrons. The number of carbonyl (C=O) groups is 1. The number of ether oxygens (including phenoxy) is 2. The summed E-state index contributed by atoms with van der Waals surface area (Å²) >= 11 is 3.46. The highest BCUT2D eigenvalue weighted by molar-refractivity contribution is 9.10. The minimum Gasteiger partial charge on any atom is -0.492 e. The van der Waals surface area contributed by atoms with E-state index in [1.807, 2.05) is 18.2 Å². The molecule has 0 aliphatic carbocycles. The van der Waals surface area contributed by atoms with Crippen molar-refractivity contribution in [2.45, 2.75) is 39.1 Å². The molecular weight excluding hydrogens is 467 g/mol. The molecule has 0 saturated carbocycles. The fourth-order valence-corrected chi connectivity index (χ4v) is 3.57. The Bertz CT molecular complexity index is 703. The number of alkyl carbamates (subject to hydrolysis) is 1. The number of piperazine rings is 1. The average Bonchev–Trinajstić information content (AvgIpc) is 2.57. The first-order chi connectivity index (χ1) is 13.9. The van der Waals surface area contributed by atoms with Crippen LogP contribution in [-0.2, 0) is 11.3 Å². The smallest absolute Gasteiger partial charge is 0.407 e.